The van der Waals surface area contributed by atoms with E-state index in [1.54, 1.807) is 0 Å². The highest BCUT2D eigenvalue weighted by atomic mass is 16.4. The Morgan fingerprint density at radius 3 is 2.56 bits per heavy atom. The molecule has 1 aromatic rings. The fourth-order valence-corrected chi connectivity index (χ4v) is 2.09. The summed E-state index contributed by atoms with van der Waals surface area (Å²) in [6.45, 7) is 0. The van der Waals surface area contributed by atoms with Gasteiger partial charge >= 0.3 is 5.97 Å². The lowest BCUT2D eigenvalue weighted by atomic mass is 10.2. The summed E-state index contributed by atoms with van der Waals surface area (Å²) in [5.74, 6) is -0.292. The number of anilines is 1. The minimum Gasteiger partial charge on any atom is -0.476 e. The molecule has 16 heavy (non-hydrogen) atoms. The average molecular weight is 221 g/mol. The van der Waals surface area contributed by atoms with Gasteiger partial charge in [-0.3, -0.25) is 0 Å². The van der Waals surface area contributed by atoms with Crippen LogP contribution in [-0.4, -0.2) is 34.1 Å². The Bertz CT molecular complexity index is 371. The van der Waals surface area contributed by atoms with Crippen molar-refractivity contribution in [3.05, 3.63) is 18.1 Å². The summed E-state index contributed by atoms with van der Waals surface area (Å²) in [4.78, 5) is 20.7. The molecule has 0 unspecified atom stereocenters. The van der Waals surface area contributed by atoms with E-state index in [0.717, 1.165) is 5.82 Å². The normalized spacial score (nSPS) is 16.3. The van der Waals surface area contributed by atoms with E-state index in [1.807, 2.05) is 7.05 Å². The molecule has 0 atom stereocenters. The first-order valence-corrected chi connectivity index (χ1v) is 5.46. The maximum absolute atomic E-state index is 10.6. The van der Waals surface area contributed by atoms with Crippen molar-refractivity contribution in [2.24, 2.45) is 0 Å². The maximum Gasteiger partial charge on any atom is 0.356 e. The number of carbonyl (C=O) groups is 1. The van der Waals surface area contributed by atoms with Crippen LogP contribution >= 0.6 is 0 Å². The molecule has 1 N–H and O–H groups in total. The number of carboxylic acids is 1. The van der Waals surface area contributed by atoms with Crippen molar-refractivity contribution in [1.29, 1.82) is 0 Å². The van der Waals surface area contributed by atoms with Crippen LogP contribution in [0.2, 0.25) is 0 Å². The molecule has 1 heterocycles. The Kier molecular flexibility index (Phi) is 3.03. The fourth-order valence-electron chi connectivity index (χ4n) is 2.09. The zero-order valence-corrected chi connectivity index (χ0v) is 9.26. The standard InChI is InChI=1S/C11H15N3O2/c1-14(8-4-2-3-5-8)10-7-12-9(6-13-10)11(15)16/h6-8H,2-5H2,1H3,(H,15,16). The maximum atomic E-state index is 10.6. The first kappa shape index (κ1) is 10.9. The lowest BCUT2D eigenvalue weighted by Gasteiger charge is -2.24. The lowest BCUT2D eigenvalue weighted by molar-refractivity contribution is 0.0690. The van der Waals surface area contributed by atoms with Gasteiger partial charge in [0, 0.05) is 13.1 Å². The zero-order valence-electron chi connectivity index (χ0n) is 9.26. The SMILES string of the molecule is CN(c1cnc(C(=O)O)cn1)C1CCCC1. The van der Waals surface area contributed by atoms with Gasteiger partial charge in [0.05, 0.1) is 12.4 Å². The molecule has 1 fully saturated rings. The number of hydrogen-bond acceptors (Lipinski definition) is 4. The largest absolute Gasteiger partial charge is 0.476 e. The Morgan fingerprint density at radius 2 is 2.06 bits per heavy atom. The number of aromatic nitrogens is 2. The molecule has 1 aliphatic carbocycles. The topological polar surface area (TPSA) is 66.3 Å². The van der Waals surface area contributed by atoms with Crippen molar-refractivity contribution < 1.29 is 9.90 Å². The van der Waals surface area contributed by atoms with Crippen LogP contribution in [0.1, 0.15) is 36.2 Å². The monoisotopic (exact) mass is 221 g/mol. The van der Waals surface area contributed by atoms with Crippen LogP contribution in [0.5, 0.6) is 0 Å². The molecule has 0 aromatic carbocycles. The second-order valence-corrected chi connectivity index (χ2v) is 4.11. The highest BCUT2D eigenvalue weighted by Crippen LogP contribution is 2.25. The van der Waals surface area contributed by atoms with Crippen LogP contribution in [-0.2, 0) is 0 Å². The Labute approximate surface area is 94.1 Å². The van der Waals surface area contributed by atoms with Gasteiger partial charge in [0.25, 0.3) is 0 Å². The van der Waals surface area contributed by atoms with Gasteiger partial charge in [-0.1, -0.05) is 12.8 Å². The quantitative estimate of drug-likeness (QED) is 0.838. The van der Waals surface area contributed by atoms with Crippen molar-refractivity contribution in [2.75, 3.05) is 11.9 Å². The summed E-state index contributed by atoms with van der Waals surface area (Å²) in [5, 5.41) is 8.71. The van der Waals surface area contributed by atoms with Gasteiger partial charge in [0.1, 0.15) is 5.82 Å². The molecule has 0 aliphatic heterocycles. The molecule has 0 amide bonds. The summed E-state index contributed by atoms with van der Waals surface area (Å²) >= 11 is 0. The number of nitrogens with zero attached hydrogens (tertiary/aromatic N) is 3. The third-order valence-electron chi connectivity index (χ3n) is 3.09. The molecule has 1 saturated carbocycles. The van der Waals surface area contributed by atoms with Crippen molar-refractivity contribution in [3.63, 3.8) is 0 Å². The van der Waals surface area contributed by atoms with Gasteiger partial charge in [-0.15, -0.1) is 0 Å². The van der Waals surface area contributed by atoms with Crippen molar-refractivity contribution in [3.8, 4) is 0 Å². The fraction of sp³-hybridized carbons (Fsp3) is 0.545. The molecule has 86 valence electrons. The number of hydrogen-bond donors (Lipinski definition) is 1. The molecule has 1 aliphatic rings. The molecule has 0 spiro atoms. The second-order valence-electron chi connectivity index (χ2n) is 4.11. The molecule has 1 aromatic heterocycles. The number of rotatable bonds is 3. The van der Waals surface area contributed by atoms with E-state index in [4.69, 9.17) is 5.11 Å². The van der Waals surface area contributed by atoms with Crippen LogP contribution in [0.15, 0.2) is 12.4 Å². The van der Waals surface area contributed by atoms with E-state index in [0.29, 0.717) is 6.04 Å². The van der Waals surface area contributed by atoms with Crippen LogP contribution < -0.4 is 4.90 Å². The van der Waals surface area contributed by atoms with Crippen molar-refractivity contribution >= 4 is 11.8 Å². The Hall–Kier alpha value is -1.65. The van der Waals surface area contributed by atoms with E-state index in [2.05, 4.69) is 14.9 Å². The Balaban J connectivity index is 2.11. The summed E-state index contributed by atoms with van der Waals surface area (Å²) in [5.41, 5.74) is -0.0106. The van der Waals surface area contributed by atoms with E-state index in [-0.39, 0.29) is 5.69 Å². The van der Waals surface area contributed by atoms with Crippen molar-refractivity contribution in [2.45, 2.75) is 31.7 Å². The van der Waals surface area contributed by atoms with Gasteiger partial charge in [-0.2, -0.15) is 0 Å². The molecule has 5 heteroatoms. The molecular formula is C11H15N3O2. The molecule has 0 saturated heterocycles. The van der Waals surface area contributed by atoms with E-state index >= 15 is 0 Å². The van der Waals surface area contributed by atoms with Gasteiger partial charge in [0.2, 0.25) is 0 Å². The average Bonchev–Trinajstić information content (AvgIpc) is 2.81. The number of carboxylic acid groups (broad SMARTS) is 1. The smallest absolute Gasteiger partial charge is 0.356 e. The van der Waals surface area contributed by atoms with Gasteiger partial charge in [-0.25, -0.2) is 14.8 Å². The predicted octanol–water partition coefficient (Wildman–Crippen LogP) is 1.55. The van der Waals surface area contributed by atoms with Crippen LogP contribution in [0.4, 0.5) is 5.82 Å². The lowest BCUT2D eigenvalue weighted by Crippen LogP contribution is -2.29. The highest BCUT2D eigenvalue weighted by molar-refractivity contribution is 5.84. The van der Waals surface area contributed by atoms with Crippen LogP contribution in [0.3, 0.4) is 0 Å². The first-order chi connectivity index (χ1) is 7.68. The van der Waals surface area contributed by atoms with Crippen LogP contribution in [0.25, 0.3) is 0 Å². The third-order valence-corrected chi connectivity index (χ3v) is 3.09. The zero-order chi connectivity index (χ0) is 11.5. The van der Waals surface area contributed by atoms with E-state index in [9.17, 15) is 4.79 Å². The molecular weight excluding hydrogens is 206 g/mol. The predicted molar refractivity (Wildman–Crippen MR) is 59.7 cm³/mol. The summed E-state index contributed by atoms with van der Waals surface area (Å²) < 4.78 is 0. The van der Waals surface area contributed by atoms with Gasteiger partial charge in [0.15, 0.2) is 5.69 Å². The van der Waals surface area contributed by atoms with Crippen molar-refractivity contribution in [1.82, 2.24) is 9.97 Å². The van der Waals surface area contributed by atoms with E-state index < -0.39 is 5.97 Å². The third kappa shape index (κ3) is 2.13. The molecule has 0 bridgehead atoms. The number of aromatic carboxylic acids is 1. The minimum atomic E-state index is -1.04. The molecule has 0 radical (unpaired) electrons. The van der Waals surface area contributed by atoms with Gasteiger partial charge in [-0.05, 0) is 12.8 Å². The molecule has 2 rings (SSSR count). The van der Waals surface area contributed by atoms with Crippen LogP contribution in [0, 0.1) is 0 Å². The first-order valence-electron chi connectivity index (χ1n) is 5.46. The van der Waals surface area contributed by atoms with Gasteiger partial charge < -0.3 is 10.0 Å². The highest BCUT2D eigenvalue weighted by Gasteiger charge is 2.20. The summed E-state index contributed by atoms with van der Waals surface area (Å²) in [7, 11) is 1.99. The second kappa shape index (κ2) is 4.47. The summed E-state index contributed by atoms with van der Waals surface area (Å²) in [6.07, 6.45) is 7.72. The Morgan fingerprint density at radius 1 is 1.38 bits per heavy atom. The summed E-state index contributed by atoms with van der Waals surface area (Å²) in [6, 6.07) is 0.518. The minimum absolute atomic E-state index is 0.0106. The molecule has 5 nitrogen and oxygen atoms in total. The van der Waals surface area contributed by atoms with E-state index in [1.165, 1.54) is 38.1 Å².